The molecule has 0 aliphatic heterocycles. The summed E-state index contributed by atoms with van der Waals surface area (Å²) in [4.78, 5) is 2.51. The highest BCUT2D eigenvalue weighted by Gasteiger charge is 2.38. The maximum atomic E-state index is 6.94. The van der Waals surface area contributed by atoms with Crippen LogP contribution in [-0.2, 0) is 10.8 Å². The first-order chi connectivity index (χ1) is 29.3. The van der Waals surface area contributed by atoms with Crippen LogP contribution in [0.25, 0.3) is 77.2 Å². The van der Waals surface area contributed by atoms with Gasteiger partial charge in [-0.15, -0.1) is 0 Å². The van der Waals surface area contributed by atoms with E-state index in [0.717, 1.165) is 55.7 Å². The van der Waals surface area contributed by atoms with Crippen molar-refractivity contribution in [1.29, 1.82) is 0 Å². The highest BCUT2D eigenvalue weighted by Crippen LogP contribution is 2.54. The minimum Gasteiger partial charge on any atom is -0.455 e. The van der Waals surface area contributed by atoms with Crippen molar-refractivity contribution in [1.82, 2.24) is 0 Å². The molecular weight excluding hydrogens is 727 g/mol. The van der Waals surface area contributed by atoms with Gasteiger partial charge in [-0.1, -0.05) is 173 Å². The Morgan fingerprint density at radius 1 is 0.367 bits per heavy atom. The lowest BCUT2D eigenvalue weighted by Gasteiger charge is -2.31. The Morgan fingerprint density at radius 3 is 1.55 bits per heavy atom. The van der Waals surface area contributed by atoms with E-state index in [4.69, 9.17) is 4.42 Å². The molecule has 0 spiro atoms. The number of para-hydroxylation sites is 1. The summed E-state index contributed by atoms with van der Waals surface area (Å²) in [5, 5.41) is 4.63. The lowest BCUT2D eigenvalue weighted by Crippen LogP contribution is -2.18. The molecule has 10 aromatic rings. The van der Waals surface area contributed by atoms with E-state index in [-0.39, 0.29) is 10.8 Å². The van der Waals surface area contributed by atoms with Gasteiger partial charge < -0.3 is 9.32 Å². The zero-order chi connectivity index (χ0) is 40.3. The second kappa shape index (κ2) is 12.7. The maximum Gasteiger partial charge on any atom is 0.143 e. The Hall–Kier alpha value is -7.16. The van der Waals surface area contributed by atoms with Crippen LogP contribution in [0, 0.1) is 0 Å². The molecule has 2 heteroatoms. The molecule has 2 nitrogen and oxygen atoms in total. The van der Waals surface area contributed by atoms with Gasteiger partial charge in [0.25, 0.3) is 0 Å². The highest BCUT2D eigenvalue weighted by molar-refractivity contribution is 6.14. The normalized spacial score (nSPS) is 14.3. The van der Waals surface area contributed by atoms with Crippen LogP contribution < -0.4 is 4.90 Å². The Bertz CT molecular complexity index is 3280. The van der Waals surface area contributed by atoms with Crippen LogP contribution in [0.2, 0.25) is 0 Å². The fourth-order valence-corrected chi connectivity index (χ4v) is 10.5. The lowest BCUT2D eigenvalue weighted by atomic mass is 9.82. The first-order valence-electron chi connectivity index (χ1n) is 21.1. The van der Waals surface area contributed by atoms with E-state index in [9.17, 15) is 0 Å². The molecule has 1 heterocycles. The van der Waals surface area contributed by atoms with Crippen molar-refractivity contribution in [3.05, 3.63) is 210 Å². The van der Waals surface area contributed by atoms with Crippen LogP contribution in [0.1, 0.15) is 49.9 Å². The second-order valence-corrected chi connectivity index (χ2v) is 17.7. The van der Waals surface area contributed by atoms with Crippen molar-refractivity contribution >= 4 is 49.8 Å². The van der Waals surface area contributed by atoms with E-state index >= 15 is 0 Å². The number of fused-ring (bicyclic) bond motifs is 10. The molecule has 9 aromatic carbocycles. The average Bonchev–Trinajstić information content (AvgIpc) is 3.85. The molecule has 12 rings (SSSR count). The molecule has 0 radical (unpaired) electrons. The summed E-state index contributed by atoms with van der Waals surface area (Å²) in [6, 6.07) is 69.4. The fourth-order valence-electron chi connectivity index (χ4n) is 10.5. The van der Waals surface area contributed by atoms with Gasteiger partial charge in [-0.2, -0.15) is 0 Å². The average molecular weight is 770 g/mol. The van der Waals surface area contributed by atoms with Crippen molar-refractivity contribution < 1.29 is 4.42 Å². The van der Waals surface area contributed by atoms with Crippen molar-refractivity contribution in [2.75, 3.05) is 4.90 Å². The molecule has 0 unspecified atom stereocenters. The fraction of sp³-hybridized carbons (Fsp3) is 0.103. The molecule has 60 heavy (non-hydrogen) atoms. The monoisotopic (exact) mass is 769 g/mol. The molecule has 2 aliphatic rings. The van der Waals surface area contributed by atoms with Crippen LogP contribution in [-0.4, -0.2) is 0 Å². The Morgan fingerprint density at radius 2 is 0.900 bits per heavy atom. The van der Waals surface area contributed by atoms with E-state index in [1.807, 2.05) is 0 Å². The van der Waals surface area contributed by atoms with Crippen molar-refractivity contribution in [3.63, 3.8) is 0 Å². The minimum absolute atomic E-state index is 0.159. The number of benzene rings is 9. The van der Waals surface area contributed by atoms with Gasteiger partial charge in [0.1, 0.15) is 11.2 Å². The van der Waals surface area contributed by atoms with Crippen LogP contribution in [0.5, 0.6) is 0 Å². The molecular formula is C58H43NO. The zero-order valence-electron chi connectivity index (χ0n) is 34.3. The van der Waals surface area contributed by atoms with Gasteiger partial charge >= 0.3 is 0 Å². The number of anilines is 3. The molecule has 0 atom stereocenters. The number of hydrogen-bond acceptors (Lipinski definition) is 2. The zero-order valence-corrected chi connectivity index (χ0v) is 34.3. The van der Waals surface area contributed by atoms with E-state index in [0.29, 0.717) is 0 Å². The van der Waals surface area contributed by atoms with Gasteiger partial charge in [-0.25, -0.2) is 0 Å². The Kier molecular flexibility index (Phi) is 7.36. The third-order valence-corrected chi connectivity index (χ3v) is 13.7. The first kappa shape index (κ1) is 34.8. The summed E-state index contributed by atoms with van der Waals surface area (Å²) < 4.78 is 6.94. The molecule has 0 amide bonds. The third kappa shape index (κ3) is 5.01. The van der Waals surface area contributed by atoms with E-state index in [1.165, 1.54) is 60.8 Å². The van der Waals surface area contributed by atoms with Crippen molar-refractivity contribution in [2.24, 2.45) is 0 Å². The van der Waals surface area contributed by atoms with Crippen molar-refractivity contribution in [3.8, 4) is 44.5 Å². The molecule has 2 aliphatic carbocycles. The molecule has 0 fully saturated rings. The summed E-state index contributed by atoms with van der Waals surface area (Å²) in [6.45, 7) is 9.48. The van der Waals surface area contributed by atoms with Crippen LogP contribution in [0.15, 0.2) is 192 Å². The summed E-state index contributed by atoms with van der Waals surface area (Å²) >= 11 is 0. The van der Waals surface area contributed by atoms with E-state index < -0.39 is 0 Å². The van der Waals surface area contributed by atoms with E-state index in [2.05, 4.69) is 221 Å². The molecule has 1 aromatic heterocycles. The van der Waals surface area contributed by atoms with Crippen LogP contribution in [0.3, 0.4) is 0 Å². The summed E-state index contributed by atoms with van der Waals surface area (Å²) in [5.74, 6) is 0. The third-order valence-electron chi connectivity index (χ3n) is 13.7. The SMILES string of the molecule is CC1(C)c2ccccc2-c2ccc(N(c3ccc4c(c3)C(C)(C)c3ccccc3-4)c3cc(-c4ccccc4)ccc3-c3cccc4c3oc3cc5ccccc5cc34)cc21. The molecule has 0 N–H and O–H groups in total. The Balaban J connectivity index is 1.15. The van der Waals surface area contributed by atoms with Crippen molar-refractivity contribution in [2.45, 2.75) is 38.5 Å². The minimum atomic E-state index is -0.159. The van der Waals surface area contributed by atoms with Gasteiger partial charge in [0.2, 0.25) is 0 Å². The predicted molar refractivity (Wildman–Crippen MR) is 252 cm³/mol. The standard InChI is InChI=1S/C58H43NO/c1-57(2)50-23-12-10-19-42(50)44-29-26-40(34-52(44)57)59(41-27-30-45-43-20-11-13-24-51(43)58(3,4)53(45)35-41)54-32-39(36-15-6-5-7-16-36)25-28-46(54)47-21-14-22-48-49-31-37-17-8-9-18-38(37)33-55(49)60-56(47)48/h5-35H,1-4H3. The second-order valence-electron chi connectivity index (χ2n) is 17.7. The van der Waals surface area contributed by atoms with Gasteiger partial charge in [0.05, 0.1) is 5.69 Å². The molecule has 286 valence electrons. The molecule has 0 saturated heterocycles. The van der Waals surface area contributed by atoms with Gasteiger partial charge in [0, 0.05) is 44.1 Å². The van der Waals surface area contributed by atoms with Crippen LogP contribution in [0.4, 0.5) is 17.1 Å². The molecule has 0 saturated carbocycles. The Labute approximate surface area is 351 Å². The topological polar surface area (TPSA) is 16.4 Å². The van der Waals surface area contributed by atoms with Gasteiger partial charge in [-0.05, 0) is 109 Å². The van der Waals surface area contributed by atoms with Gasteiger partial charge in [0.15, 0.2) is 0 Å². The smallest absolute Gasteiger partial charge is 0.143 e. The number of furan rings is 1. The number of rotatable bonds is 5. The lowest BCUT2D eigenvalue weighted by molar-refractivity contribution is 0.660. The largest absolute Gasteiger partial charge is 0.455 e. The first-order valence-corrected chi connectivity index (χ1v) is 21.1. The summed E-state index contributed by atoms with van der Waals surface area (Å²) in [6.07, 6.45) is 0. The number of nitrogens with zero attached hydrogens (tertiary/aromatic N) is 1. The maximum absolute atomic E-state index is 6.94. The highest BCUT2D eigenvalue weighted by atomic mass is 16.3. The predicted octanol–water partition coefficient (Wildman–Crippen LogP) is 16.2. The quantitative estimate of drug-likeness (QED) is 0.173. The summed E-state index contributed by atoms with van der Waals surface area (Å²) in [5.41, 5.74) is 20.0. The van der Waals surface area contributed by atoms with E-state index in [1.54, 1.807) is 0 Å². The summed E-state index contributed by atoms with van der Waals surface area (Å²) in [7, 11) is 0. The van der Waals surface area contributed by atoms with Gasteiger partial charge in [-0.3, -0.25) is 0 Å². The molecule has 0 bridgehead atoms. The number of hydrogen-bond donors (Lipinski definition) is 0. The van der Waals surface area contributed by atoms with Crippen LogP contribution >= 0.6 is 0 Å².